The van der Waals surface area contributed by atoms with Crippen molar-refractivity contribution in [2.45, 2.75) is 25.7 Å². The molecule has 1 unspecified atom stereocenters. The van der Waals surface area contributed by atoms with Gasteiger partial charge in [-0.3, -0.25) is 4.79 Å². The molecule has 1 aromatic rings. The Labute approximate surface area is 99.8 Å². The van der Waals surface area contributed by atoms with Crippen molar-refractivity contribution < 1.29 is 9.08 Å². The number of hydrogen-bond acceptors (Lipinski definition) is 3. The molecular weight excluding hydrogens is 226 g/mol. The summed E-state index contributed by atoms with van der Waals surface area (Å²) in [5.41, 5.74) is 2.05. The molecule has 0 fully saturated rings. The molecule has 0 bridgehead atoms. The molecule has 16 heavy (non-hydrogen) atoms. The van der Waals surface area contributed by atoms with Gasteiger partial charge < -0.3 is 4.29 Å². The highest BCUT2D eigenvalue weighted by atomic mass is 35.5. The smallest absolute Gasteiger partial charge is 0.324 e. The molecule has 0 saturated carbocycles. The lowest BCUT2D eigenvalue weighted by molar-refractivity contribution is -0.134. The maximum absolute atomic E-state index is 10.9. The Morgan fingerprint density at radius 3 is 2.62 bits per heavy atom. The van der Waals surface area contributed by atoms with E-state index in [9.17, 15) is 4.79 Å². The Morgan fingerprint density at radius 1 is 1.50 bits per heavy atom. The Balaban J connectivity index is 2.65. The van der Waals surface area contributed by atoms with Crippen molar-refractivity contribution in [3.05, 3.63) is 35.4 Å². The van der Waals surface area contributed by atoms with Crippen LogP contribution in [0.25, 0.3) is 0 Å². The first-order valence-corrected chi connectivity index (χ1v) is 5.26. The highest BCUT2D eigenvalue weighted by Crippen LogP contribution is 2.21. The van der Waals surface area contributed by atoms with Gasteiger partial charge in [0.25, 0.3) is 0 Å². The molecule has 0 aromatic heterocycles. The summed E-state index contributed by atoms with van der Waals surface area (Å²) in [7, 11) is 0. The van der Waals surface area contributed by atoms with Crippen LogP contribution in [-0.2, 0) is 9.08 Å². The van der Waals surface area contributed by atoms with Crippen molar-refractivity contribution in [2.24, 2.45) is 0 Å². The molecule has 1 atom stereocenters. The summed E-state index contributed by atoms with van der Waals surface area (Å²) in [6.45, 7) is 1.98. The van der Waals surface area contributed by atoms with Crippen molar-refractivity contribution in [3.8, 4) is 6.07 Å². The summed E-state index contributed by atoms with van der Waals surface area (Å²) in [5.74, 6) is -0.801. The lowest BCUT2D eigenvalue weighted by Crippen LogP contribution is -2.02. The number of rotatable bonds is 4. The Kier molecular flexibility index (Phi) is 4.81. The molecule has 0 saturated heterocycles. The summed E-state index contributed by atoms with van der Waals surface area (Å²) >= 11 is 4.91. The van der Waals surface area contributed by atoms with Crippen LogP contribution in [0.5, 0.6) is 0 Å². The standard InChI is InChI=1S/C12H12ClNO2/c1-9-2-4-10(5-3-9)11(8-14)6-7-12(15)16-13/h2-5,11H,6-7H2,1H3. The lowest BCUT2D eigenvalue weighted by Gasteiger charge is -2.08. The van der Waals surface area contributed by atoms with Gasteiger partial charge in [0.2, 0.25) is 0 Å². The first kappa shape index (κ1) is 12.5. The maximum atomic E-state index is 10.9. The molecule has 0 aliphatic rings. The van der Waals surface area contributed by atoms with Crippen LogP contribution < -0.4 is 0 Å². The van der Waals surface area contributed by atoms with E-state index in [1.165, 1.54) is 0 Å². The third kappa shape index (κ3) is 3.56. The molecule has 1 aromatic carbocycles. The Bertz CT molecular complexity index is 394. The zero-order valence-electron chi connectivity index (χ0n) is 8.94. The molecule has 0 N–H and O–H groups in total. The second-order valence-electron chi connectivity index (χ2n) is 3.58. The molecule has 0 aliphatic carbocycles. The van der Waals surface area contributed by atoms with Crippen molar-refractivity contribution in [2.75, 3.05) is 0 Å². The van der Waals surface area contributed by atoms with Crippen LogP contribution in [0.15, 0.2) is 24.3 Å². The van der Waals surface area contributed by atoms with Gasteiger partial charge in [0.05, 0.1) is 12.0 Å². The SMILES string of the molecule is Cc1ccc(C(C#N)CCC(=O)OCl)cc1. The average molecular weight is 238 g/mol. The summed E-state index contributed by atoms with van der Waals surface area (Å²) in [4.78, 5) is 10.9. The number of benzene rings is 1. The number of hydrogen-bond donors (Lipinski definition) is 0. The van der Waals surface area contributed by atoms with Crippen molar-refractivity contribution >= 4 is 17.8 Å². The van der Waals surface area contributed by atoms with Crippen molar-refractivity contribution in [1.29, 1.82) is 5.26 Å². The fourth-order valence-corrected chi connectivity index (χ4v) is 1.48. The number of halogens is 1. The van der Waals surface area contributed by atoms with E-state index in [0.717, 1.165) is 11.1 Å². The highest BCUT2D eigenvalue weighted by Gasteiger charge is 2.13. The van der Waals surface area contributed by atoms with Gasteiger partial charge in [0, 0.05) is 6.42 Å². The van der Waals surface area contributed by atoms with Gasteiger partial charge in [0.15, 0.2) is 0 Å². The molecule has 0 heterocycles. The van der Waals surface area contributed by atoms with E-state index < -0.39 is 5.97 Å². The second-order valence-corrected chi connectivity index (χ2v) is 3.73. The molecule has 0 aliphatic heterocycles. The van der Waals surface area contributed by atoms with Gasteiger partial charge in [-0.15, -0.1) is 0 Å². The van der Waals surface area contributed by atoms with Crippen LogP contribution >= 0.6 is 11.9 Å². The van der Waals surface area contributed by atoms with Crippen LogP contribution in [0.4, 0.5) is 0 Å². The largest absolute Gasteiger partial charge is 0.348 e. The van der Waals surface area contributed by atoms with E-state index in [2.05, 4.69) is 10.4 Å². The molecule has 0 spiro atoms. The first-order valence-electron chi connectivity index (χ1n) is 4.95. The van der Waals surface area contributed by atoms with Gasteiger partial charge in [-0.25, -0.2) is 0 Å². The normalized spacial score (nSPS) is 11.6. The quantitative estimate of drug-likeness (QED) is 0.809. The predicted octanol–water partition coefficient (Wildman–Crippen LogP) is 3.08. The molecular formula is C12H12ClNO2. The minimum atomic E-state index is -0.506. The lowest BCUT2D eigenvalue weighted by atomic mass is 9.95. The Hall–Kier alpha value is -1.53. The van der Waals surface area contributed by atoms with E-state index in [1.54, 1.807) is 0 Å². The van der Waals surface area contributed by atoms with E-state index in [-0.39, 0.29) is 12.3 Å². The maximum Gasteiger partial charge on any atom is 0.324 e. The van der Waals surface area contributed by atoms with Crippen LogP contribution in [0.2, 0.25) is 0 Å². The third-order valence-corrected chi connectivity index (χ3v) is 2.53. The van der Waals surface area contributed by atoms with Gasteiger partial charge in [-0.1, -0.05) is 29.8 Å². The van der Waals surface area contributed by atoms with E-state index in [1.807, 2.05) is 31.2 Å². The second kappa shape index (κ2) is 6.14. The van der Waals surface area contributed by atoms with E-state index in [4.69, 9.17) is 17.1 Å². The zero-order valence-corrected chi connectivity index (χ0v) is 9.70. The van der Waals surface area contributed by atoms with Crippen molar-refractivity contribution in [1.82, 2.24) is 0 Å². The Morgan fingerprint density at radius 2 is 2.12 bits per heavy atom. The molecule has 0 amide bonds. The fourth-order valence-electron chi connectivity index (χ4n) is 1.41. The predicted molar refractivity (Wildman–Crippen MR) is 60.7 cm³/mol. The van der Waals surface area contributed by atoms with Gasteiger partial charge in [0.1, 0.15) is 11.9 Å². The number of nitriles is 1. The summed E-state index contributed by atoms with van der Waals surface area (Å²) in [6.07, 6.45) is 0.570. The number of aryl methyl sites for hydroxylation is 1. The monoisotopic (exact) mass is 237 g/mol. The molecule has 84 valence electrons. The fraction of sp³-hybridized carbons (Fsp3) is 0.333. The topological polar surface area (TPSA) is 50.1 Å². The zero-order chi connectivity index (χ0) is 12.0. The minimum Gasteiger partial charge on any atom is -0.348 e. The van der Waals surface area contributed by atoms with Crippen LogP contribution in [-0.4, -0.2) is 5.97 Å². The molecule has 4 heteroatoms. The van der Waals surface area contributed by atoms with Gasteiger partial charge in [-0.2, -0.15) is 5.26 Å². The number of carbonyl (C=O) groups is 1. The molecule has 3 nitrogen and oxygen atoms in total. The van der Waals surface area contributed by atoms with E-state index >= 15 is 0 Å². The minimum absolute atomic E-state index is 0.148. The number of nitrogens with zero attached hydrogens (tertiary/aromatic N) is 1. The number of carbonyl (C=O) groups excluding carboxylic acids is 1. The van der Waals surface area contributed by atoms with Gasteiger partial charge in [-0.05, 0) is 18.9 Å². The molecule has 0 radical (unpaired) electrons. The summed E-state index contributed by atoms with van der Waals surface area (Å²) in [5, 5.41) is 9.00. The molecule has 1 rings (SSSR count). The van der Waals surface area contributed by atoms with Gasteiger partial charge >= 0.3 is 5.97 Å². The van der Waals surface area contributed by atoms with Crippen LogP contribution in [0, 0.1) is 18.3 Å². The van der Waals surface area contributed by atoms with Crippen LogP contribution in [0.3, 0.4) is 0 Å². The van der Waals surface area contributed by atoms with Crippen molar-refractivity contribution in [3.63, 3.8) is 0 Å². The summed E-state index contributed by atoms with van der Waals surface area (Å²) < 4.78 is 4.02. The average Bonchev–Trinajstić information content (AvgIpc) is 2.31. The van der Waals surface area contributed by atoms with E-state index in [0.29, 0.717) is 6.42 Å². The summed E-state index contributed by atoms with van der Waals surface area (Å²) in [6, 6.07) is 9.85. The highest BCUT2D eigenvalue weighted by molar-refractivity contribution is 6.13. The third-order valence-electron chi connectivity index (χ3n) is 2.36. The van der Waals surface area contributed by atoms with Crippen LogP contribution in [0.1, 0.15) is 29.9 Å². The first-order chi connectivity index (χ1) is 7.67.